The molecular formula is C15H16BrNOS. The molecule has 0 bridgehead atoms. The number of halogens is 1. The topological polar surface area (TPSA) is 35.2 Å². The molecule has 0 unspecified atom stereocenters. The maximum absolute atomic E-state index is 6.07. The van der Waals surface area contributed by atoms with E-state index in [2.05, 4.69) is 34.1 Å². The van der Waals surface area contributed by atoms with Crippen molar-refractivity contribution in [2.45, 2.75) is 22.8 Å². The molecule has 2 N–H and O–H groups in total. The van der Waals surface area contributed by atoms with Crippen LogP contribution in [0.5, 0.6) is 5.75 Å². The van der Waals surface area contributed by atoms with Gasteiger partial charge in [0.1, 0.15) is 5.75 Å². The number of rotatable bonds is 4. The number of benzene rings is 2. The SMILES string of the molecule is COc1cccc(Sc2ccc(Br)cc2)c1[C@@H](C)N. The zero-order chi connectivity index (χ0) is 13.8. The van der Waals surface area contributed by atoms with E-state index in [1.165, 1.54) is 4.90 Å². The van der Waals surface area contributed by atoms with Crippen molar-refractivity contribution in [3.63, 3.8) is 0 Å². The molecule has 2 aromatic rings. The molecule has 2 nitrogen and oxygen atoms in total. The van der Waals surface area contributed by atoms with Crippen molar-refractivity contribution >= 4 is 27.7 Å². The Morgan fingerprint density at radius 1 is 1.16 bits per heavy atom. The average molecular weight is 338 g/mol. The highest BCUT2D eigenvalue weighted by atomic mass is 79.9. The van der Waals surface area contributed by atoms with Crippen LogP contribution in [0.25, 0.3) is 0 Å². The van der Waals surface area contributed by atoms with Gasteiger partial charge >= 0.3 is 0 Å². The first-order valence-corrected chi connectivity index (χ1v) is 7.58. The van der Waals surface area contributed by atoms with Crippen molar-refractivity contribution in [2.75, 3.05) is 7.11 Å². The Morgan fingerprint density at radius 2 is 1.84 bits per heavy atom. The molecule has 0 aliphatic rings. The van der Waals surface area contributed by atoms with Gasteiger partial charge in [0, 0.05) is 25.9 Å². The van der Waals surface area contributed by atoms with Crippen LogP contribution in [0.4, 0.5) is 0 Å². The Hall–Kier alpha value is -0.970. The van der Waals surface area contributed by atoms with Gasteiger partial charge in [0.25, 0.3) is 0 Å². The number of ether oxygens (including phenoxy) is 1. The predicted molar refractivity (Wildman–Crippen MR) is 83.9 cm³/mol. The zero-order valence-corrected chi connectivity index (χ0v) is 13.3. The van der Waals surface area contributed by atoms with Crippen LogP contribution in [-0.4, -0.2) is 7.11 Å². The van der Waals surface area contributed by atoms with Crippen LogP contribution in [0, 0.1) is 0 Å². The van der Waals surface area contributed by atoms with Crippen molar-refractivity contribution < 1.29 is 4.74 Å². The van der Waals surface area contributed by atoms with Gasteiger partial charge in [-0.1, -0.05) is 33.8 Å². The second kappa shape index (κ2) is 6.46. The number of nitrogens with two attached hydrogens (primary N) is 1. The second-order valence-corrected chi connectivity index (χ2v) is 6.25. The van der Waals surface area contributed by atoms with E-state index in [1.807, 2.05) is 31.2 Å². The van der Waals surface area contributed by atoms with Crippen molar-refractivity contribution in [1.29, 1.82) is 0 Å². The summed E-state index contributed by atoms with van der Waals surface area (Å²) in [6.07, 6.45) is 0. The Labute approximate surface area is 126 Å². The molecule has 2 rings (SSSR count). The fourth-order valence-electron chi connectivity index (χ4n) is 1.87. The summed E-state index contributed by atoms with van der Waals surface area (Å²) in [6.45, 7) is 1.98. The lowest BCUT2D eigenvalue weighted by Gasteiger charge is -2.16. The molecule has 0 spiro atoms. The van der Waals surface area contributed by atoms with E-state index in [9.17, 15) is 0 Å². The van der Waals surface area contributed by atoms with Gasteiger partial charge in [-0.3, -0.25) is 0 Å². The summed E-state index contributed by atoms with van der Waals surface area (Å²) in [4.78, 5) is 2.31. The van der Waals surface area contributed by atoms with Crippen LogP contribution < -0.4 is 10.5 Å². The van der Waals surface area contributed by atoms with Crippen LogP contribution in [0.1, 0.15) is 18.5 Å². The van der Waals surface area contributed by atoms with E-state index in [0.717, 1.165) is 20.7 Å². The minimum atomic E-state index is -0.0610. The summed E-state index contributed by atoms with van der Waals surface area (Å²) < 4.78 is 6.48. The summed E-state index contributed by atoms with van der Waals surface area (Å²) in [7, 11) is 1.68. The molecule has 19 heavy (non-hydrogen) atoms. The van der Waals surface area contributed by atoms with Crippen LogP contribution in [-0.2, 0) is 0 Å². The molecule has 0 radical (unpaired) electrons. The second-order valence-electron chi connectivity index (χ2n) is 4.22. The third-order valence-corrected chi connectivity index (χ3v) is 4.36. The molecule has 4 heteroatoms. The Kier molecular flexibility index (Phi) is 4.91. The minimum Gasteiger partial charge on any atom is -0.496 e. The van der Waals surface area contributed by atoms with Crippen molar-refractivity contribution in [3.8, 4) is 5.75 Å². The lowest BCUT2D eigenvalue weighted by atomic mass is 10.1. The molecule has 0 aromatic heterocycles. The first kappa shape index (κ1) is 14.4. The highest BCUT2D eigenvalue weighted by molar-refractivity contribution is 9.10. The standard InChI is InChI=1S/C15H16BrNOS/c1-10(17)15-13(18-2)4-3-5-14(15)19-12-8-6-11(16)7-9-12/h3-10H,17H2,1-2H3/t10-/m1/s1. The van der Waals surface area contributed by atoms with E-state index in [4.69, 9.17) is 10.5 Å². The van der Waals surface area contributed by atoms with Gasteiger partial charge in [-0.2, -0.15) is 0 Å². The fraction of sp³-hybridized carbons (Fsp3) is 0.200. The van der Waals surface area contributed by atoms with E-state index < -0.39 is 0 Å². The Bertz CT molecular complexity index is 555. The number of hydrogen-bond donors (Lipinski definition) is 1. The van der Waals surface area contributed by atoms with E-state index >= 15 is 0 Å². The smallest absolute Gasteiger partial charge is 0.124 e. The van der Waals surface area contributed by atoms with Gasteiger partial charge in [0.15, 0.2) is 0 Å². The van der Waals surface area contributed by atoms with Gasteiger partial charge in [0.05, 0.1) is 7.11 Å². The predicted octanol–water partition coefficient (Wildman–Crippen LogP) is 4.63. The lowest BCUT2D eigenvalue weighted by molar-refractivity contribution is 0.405. The molecule has 0 aliphatic heterocycles. The Morgan fingerprint density at radius 3 is 2.42 bits per heavy atom. The maximum Gasteiger partial charge on any atom is 0.124 e. The summed E-state index contributed by atoms with van der Waals surface area (Å²) in [5.74, 6) is 0.845. The third-order valence-electron chi connectivity index (χ3n) is 2.74. The monoisotopic (exact) mass is 337 g/mol. The highest BCUT2D eigenvalue weighted by Crippen LogP contribution is 2.37. The van der Waals surface area contributed by atoms with Crippen molar-refractivity contribution in [2.24, 2.45) is 5.73 Å². The highest BCUT2D eigenvalue weighted by Gasteiger charge is 2.13. The van der Waals surface area contributed by atoms with Crippen molar-refractivity contribution in [1.82, 2.24) is 0 Å². The fourth-order valence-corrected chi connectivity index (χ4v) is 3.20. The molecule has 1 atom stereocenters. The number of methoxy groups -OCH3 is 1. The quantitative estimate of drug-likeness (QED) is 0.883. The number of hydrogen-bond acceptors (Lipinski definition) is 3. The van der Waals surface area contributed by atoms with E-state index in [1.54, 1.807) is 18.9 Å². The lowest BCUT2D eigenvalue weighted by Crippen LogP contribution is -2.08. The molecule has 0 saturated carbocycles. The molecule has 0 heterocycles. The Balaban J connectivity index is 2.36. The van der Waals surface area contributed by atoms with E-state index in [0.29, 0.717) is 0 Å². The normalized spacial score (nSPS) is 12.2. The van der Waals surface area contributed by atoms with Gasteiger partial charge in [0.2, 0.25) is 0 Å². The van der Waals surface area contributed by atoms with Crippen LogP contribution in [0.3, 0.4) is 0 Å². The molecule has 2 aromatic carbocycles. The summed E-state index contributed by atoms with van der Waals surface area (Å²) in [6, 6.07) is 14.2. The van der Waals surface area contributed by atoms with Crippen LogP contribution in [0.15, 0.2) is 56.7 Å². The maximum atomic E-state index is 6.07. The van der Waals surface area contributed by atoms with E-state index in [-0.39, 0.29) is 6.04 Å². The zero-order valence-electron chi connectivity index (χ0n) is 10.9. The van der Waals surface area contributed by atoms with Gasteiger partial charge in [-0.05, 0) is 43.3 Å². The first-order valence-electron chi connectivity index (χ1n) is 5.97. The van der Waals surface area contributed by atoms with Gasteiger partial charge < -0.3 is 10.5 Å². The molecule has 100 valence electrons. The molecular weight excluding hydrogens is 322 g/mol. The molecule has 0 fully saturated rings. The summed E-state index contributed by atoms with van der Waals surface area (Å²) in [5, 5.41) is 0. The van der Waals surface area contributed by atoms with Crippen molar-refractivity contribution in [3.05, 3.63) is 52.5 Å². The van der Waals surface area contributed by atoms with Gasteiger partial charge in [-0.15, -0.1) is 0 Å². The molecule has 0 saturated heterocycles. The van der Waals surface area contributed by atoms with Gasteiger partial charge in [-0.25, -0.2) is 0 Å². The molecule has 0 amide bonds. The molecule has 0 aliphatic carbocycles. The average Bonchev–Trinajstić information content (AvgIpc) is 2.40. The third kappa shape index (κ3) is 3.53. The summed E-state index contributed by atoms with van der Waals surface area (Å²) >= 11 is 5.14. The largest absolute Gasteiger partial charge is 0.496 e. The van der Waals surface area contributed by atoms with Crippen LogP contribution >= 0.6 is 27.7 Å². The first-order chi connectivity index (χ1) is 9.11. The minimum absolute atomic E-state index is 0.0610. The van der Waals surface area contributed by atoms with Crippen LogP contribution in [0.2, 0.25) is 0 Å². The summed E-state index contributed by atoms with van der Waals surface area (Å²) in [5.41, 5.74) is 7.12.